The Morgan fingerprint density at radius 1 is 1.59 bits per heavy atom. The third-order valence-electron chi connectivity index (χ3n) is 2.34. The molecule has 0 aliphatic carbocycles. The Hall–Kier alpha value is -0.720. The zero-order valence-corrected chi connectivity index (χ0v) is 11.9. The third kappa shape index (κ3) is 4.97. The number of nitrogens with one attached hydrogen (secondary N) is 2. The van der Waals surface area contributed by atoms with Crippen LogP contribution in [-0.2, 0) is 22.1 Å². The van der Waals surface area contributed by atoms with Gasteiger partial charge in [-0.3, -0.25) is 9.00 Å². The number of amides is 1. The first-order valence-corrected chi connectivity index (χ1v) is 7.87. The van der Waals surface area contributed by atoms with Crippen LogP contribution in [-0.4, -0.2) is 28.2 Å². The van der Waals surface area contributed by atoms with Crippen molar-refractivity contribution in [1.29, 1.82) is 0 Å². The summed E-state index contributed by atoms with van der Waals surface area (Å²) in [5, 5.41) is 8.12. The van der Waals surface area contributed by atoms with Crippen molar-refractivity contribution in [1.82, 2.24) is 5.32 Å². The normalized spacial score (nSPS) is 14.3. The molecule has 0 aliphatic heterocycles. The molecule has 2 N–H and O–H groups in total. The predicted molar refractivity (Wildman–Crippen MR) is 73.9 cm³/mol. The second-order valence-electron chi connectivity index (χ2n) is 3.88. The maximum Gasteiger partial charge on any atom is 0.221 e. The monoisotopic (exact) mass is 274 g/mol. The van der Waals surface area contributed by atoms with Crippen molar-refractivity contribution in [3.63, 3.8) is 0 Å². The number of hydrogen-bond donors (Lipinski definition) is 2. The minimum absolute atomic E-state index is 0.0623. The lowest BCUT2D eigenvalue weighted by Gasteiger charge is -2.10. The standard InChI is InChI=1S/C11H18N2O2S2/c1-8(17(3)15)6-12-7-11-10(4-5-16-11)13-9(2)14/h4-5,8,12H,6-7H2,1-3H3,(H,13,14). The minimum Gasteiger partial charge on any atom is -0.325 e. The van der Waals surface area contributed by atoms with Gasteiger partial charge in [0.05, 0.1) is 5.69 Å². The maximum absolute atomic E-state index is 11.2. The Labute approximate surface area is 108 Å². The molecule has 0 fully saturated rings. The third-order valence-corrected chi connectivity index (χ3v) is 4.56. The number of rotatable bonds is 6. The molecule has 0 bridgehead atoms. The summed E-state index contributed by atoms with van der Waals surface area (Å²) in [4.78, 5) is 12.1. The molecule has 1 amide bonds. The molecule has 0 aromatic carbocycles. The topological polar surface area (TPSA) is 58.2 Å². The van der Waals surface area contributed by atoms with Crippen molar-refractivity contribution in [3.05, 3.63) is 16.3 Å². The first-order chi connectivity index (χ1) is 8.00. The summed E-state index contributed by atoms with van der Waals surface area (Å²) in [7, 11) is -0.802. The van der Waals surface area contributed by atoms with Crippen LogP contribution in [0.25, 0.3) is 0 Å². The molecule has 1 aromatic rings. The van der Waals surface area contributed by atoms with E-state index in [9.17, 15) is 9.00 Å². The van der Waals surface area contributed by atoms with Gasteiger partial charge in [-0.2, -0.15) is 0 Å². The fourth-order valence-electron chi connectivity index (χ4n) is 1.28. The van der Waals surface area contributed by atoms with Gasteiger partial charge in [-0.05, 0) is 18.4 Å². The van der Waals surface area contributed by atoms with Crippen LogP contribution in [0.2, 0.25) is 0 Å². The van der Waals surface area contributed by atoms with Crippen LogP contribution < -0.4 is 10.6 Å². The molecule has 2 atom stereocenters. The van der Waals surface area contributed by atoms with Gasteiger partial charge < -0.3 is 10.6 Å². The summed E-state index contributed by atoms with van der Waals surface area (Å²) in [6, 6.07) is 1.89. The van der Waals surface area contributed by atoms with Crippen molar-refractivity contribution in [3.8, 4) is 0 Å². The van der Waals surface area contributed by atoms with Crippen molar-refractivity contribution >= 4 is 33.7 Å². The summed E-state index contributed by atoms with van der Waals surface area (Å²) < 4.78 is 11.2. The average molecular weight is 274 g/mol. The SMILES string of the molecule is CC(=O)Nc1ccsc1CNCC(C)S(C)=O. The fraction of sp³-hybridized carbons (Fsp3) is 0.545. The largest absolute Gasteiger partial charge is 0.325 e. The van der Waals surface area contributed by atoms with E-state index in [2.05, 4.69) is 10.6 Å². The highest BCUT2D eigenvalue weighted by molar-refractivity contribution is 7.84. The Morgan fingerprint density at radius 2 is 2.29 bits per heavy atom. The van der Waals surface area contributed by atoms with Gasteiger partial charge in [0.15, 0.2) is 0 Å². The molecule has 1 heterocycles. The van der Waals surface area contributed by atoms with Crippen LogP contribution in [0.1, 0.15) is 18.7 Å². The van der Waals surface area contributed by atoms with Gasteiger partial charge in [-0.15, -0.1) is 11.3 Å². The van der Waals surface area contributed by atoms with Crippen LogP contribution in [0.5, 0.6) is 0 Å². The van der Waals surface area contributed by atoms with E-state index in [0.29, 0.717) is 13.1 Å². The van der Waals surface area contributed by atoms with E-state index in [1.807, 2.05) is 18.4 Å². The van der Waals surface area contributed by atoms with E-state index in [4.69, 9.17) is 0 Å². The van der Waals surface area contributed by atoms with Crippen LogP contribution in [0.15, 0.2) is 11.4 Å². The minimum atomic E-state index is -0.802. The second-order valence-corrected chi connectivity index (χ2v) is 6.68. The molecule has 0 aliphatic rings. The van der Waals surface area contributed by atoms with Crippen LogP contribution >= 0.6 is 11.3 Å². The number of anilines is 1. The lowest BCUT2D eigenvalue weighted by molar-refractivity contribution is -0.114. The van der Waals surface area contributed by atoms with Crippen LogP contribution in [0, 0.1) is 0 Å². The summed E-state index contributed by atoms with van der Waals surface area (Å²) in [5.41, 5.74) is 0.861. The van der Waals surface area contributed by atoms with E-state index < -0.39 is 10.8 Å². The molecule has 0 saturated carbocycles. The van der Waals surface area contributed by atoms with E-state index >= 15 is 0 Å². The molecular weight excluding hydrogens is 256 g/mol. The molecule has 17 heavy (non-hydrogen) atoms. The van der Waals surface area contributed by atoms with Gasteiger partial charge in [-0.25, -0.2) is 0 Å². The van der Waals surface area contributed by atoms with E-state index in [-0.39, 0.29) is 11.2 Å². The molecule has 1 aromatic heterocycles. The van der Waals surface area contributed by atoms with E-state index in [0.717, 1.165) is 10.6 Å². The second kappa shape index (κ2) is 6.88. The molecular formula is C11H18N2O2S2. The summed E-state index contributed by atoms with van der Waals surface area (Å²) >= 11 is 1.60. The number of carbonyl (C=O) groups is 1. The molecule has 4 nitrogen and oxygen atoms in total. The zero-order chi connectivity index (χ0) is 12.8. The maximum atomic E-state index is 11.2. The highest BCUT2D eigenvalue weighted by atomic mass is 32.2. The van der Waals surface area contributed by atoms with Crippen LogP contribution in [0.3, 0.4) is 0 Å². The van der Waals surface area contributed by atoms with Crippen LogP contribution in [0.4, 0.5) is 5.69 Å². The molecule has 6 heteroatoms. The van der Waals surface area contributed by atoms with Crippen molar-refractivity contribution in [2.75, 3.05) is 18.1 Å². The Kier molecular flexibility index (Phi) is 5.80. The highest BCUT2D eigenvalue weighted by Crippen LogP contribution is 2.21. The quantitative estimate of drug-likeness (QED) is 0.828. The summed E-state index contributed by atoms with van der Waals surface area (Å²) in [6.07, 6.45) is 1.71. The lowest BCUT2D eigenvalue weighted by atomic mass is 10.3. The lowest BCUT2D eigenvalue weighted by Crippen LogP contribution is -2.27. The Balaban J connectivity index is 2.44. The predicted octanol–water partition coefficient (Wildman–Crippen LogP) is 1.56. The smallest absolute Gasteiger partial charge is 0.221 e. The summed E-state index contributed by atoms with van der Waals surface area (Å²) in [6.45, 7) is 4.85. The van der Waals surface area contributed by atoms with Crippen molar-refractivity contribution < 1.29 is 9.00 Å². The molecule has 1 rings (SSSR count). The Bertz CT molecular complexity index is 404. The molecule has 2 unspecified atom stereocenters. The van der Waals surface area contributed by atoms with E-state index in [1.54, 1.807) is 17.6 Å². The number of carbonyl (C=O) groups excluding carboxylic acids is 1. The number of thiophene rings is 1. The van der Waals surface area contributed by atoms with Gasteiger partial charge in [0.25, 0.3) is 0 Å². The molecule has 96 valence electrons. The van der Waals surface area contributed by atoms with E-state index in [1.165, 1.54) is 6.92 Å². The van der Waals surface area contributed by atoms with Gasteiger partial charge in [0.1, 0.15) is 0 Å². The first-order valence-electron chi connectivity index (χ1n) is 5.37. The average Bonchev–Trinajstić information content (AvgIpc) is 2.64. The van der Waals surface area contributed by atoms with Gasteiger partial charge in [0.2, 0.25) is 5.91 Å². The zero-order valence-electron chi connectivity index (χ0n) is 10.3. The van der Waals surface area contributed by atoms with Crippen molar-refractivity contribution in [2.45, 2.75) is 25.6 Å². The van der Waals surface area contributed by atoms with Crippen molar-refractivity contribution in [2.24, 2.45) is 0 Å². The van der Waals surface area contributed by atoms with Gasteiger partial charge >= 0.3 is 0 Å². The fourth-order valence-corrected chi connectivity index (χ4v) is 2.44. The molecule has 0 spiro atoms. The highest BCUT2D eigenvalue weighted by Gasteiger charge is 2.08. The summed E-state index contributed by atoms with van der Waals surface area (Å²) in [5.74, 6) is -0.0623. The number of hydrogen-bond acceptors (Lipinski definition) is 4. The first kappa shape index (κ1) is 14.3. The van der Waals surface area contributed by atoms with Gasteiger partial charge in [0, 0.05) is 47.2 Å². The molecule has 0 saturated heterocycles. The Morgan fingerprint density at radius 3 is 2.88 bits per heavy atom. The molecule has 0 radical (unpaired) electrons. The van der Waals surface area contributed by atoms with Gasteiger partial charge in [-0.1, -0.05) is 0 Å².